The summed E-state index contributed by atoms with van der Waals surface area (Å²) >= 11 is 0. The normalized spacial score (nSPS) is 32.5. The number of hydrogen-bond donors (Lipinski definition) is 3. The number of carbonyl (C=O) groups excluding carboxylic acids is 1. The van der Waals surface area contributed by atoms with Crippen LogP contribution < -0.4 is 11.1 Å². The molecule has 1 saturated heterocycles. The molecule has 1 amide bonds. The van der Waals surface area contributed by atoms with Crippen LogP contribution in [0.3, 0.4) is 0 Å². The zero-order chi connectivity index (χ0) is 24.0. The summed E-state index contributed by atoms with van der Waals surface area (Å²) in [6.07, 6.45) is -1.84. The van der Waals surface area contributed by atoms with E-state index >= 15 is 0 Å². The summed E-state index contributed by atoms with van der Waals surface area (Å²) < 4.78 is 40.6. The topological polar surface area (TPSA) is 91.0 Å². The maximum Gasteiger partial charge on any atom is 0.426 e. The van der Waals surface area contributed by atoms with Crippen molar-refractivity contribution < 1.29 is 23.1 Å². The van der Waals surface area contributed by atoms with Gasteiger partial charge in [-0.2, -0.15) is 13.2 Å². The van der Waals surface area contributed by atoms with Crippen LogP contribution in [0.15, 0.2) is 41.7 Å². The molecule has 2 rings (SSSR count). The SMILES string of the molecule is C=C(N)/N=C\[C@@]1(C)[C@@H](C)C1(C)N(CC(=C)C(=C)[C@@H]1CCCN1)C(=O)[C@](C)(O)C(F)(F)F. The van der Waals surface area contributed by atoms with Crippen molar-refractivity contribution in [3.05, 3.63) is 36.7 Å². The maximum atomic E-state index is 13.5. The largest absolute Gasteiger partial charge is 0.426 e. The minimum atomic E-state index is -5.14. The van der Waals surface area contributed by atoms with Crippen LogP contribution in [0.1, 0.15) is 40.5 Å². The smallest absolute Gasteiger partial charge is 0.384 e. The van der Waals surface area contributed by atoms with E-state index in [1.807, 2.05) is 6.92 Å². The average molecular weight is 443 g/mol. The first-order valence-electron chi connectivity index (χ1n) is 10.2. The van der Waals surface area contributed by atoms with Crippen molar-refractivity contribution in [1.29, 1.82) is 0 Å². The van der Waals surface area contributed by atoms with Crippen LogP contribution in [-0.2, 0) is 4.79 Å². The highest BCUT2D eigenvalue weighted by molar-refractivity contribution is 5.89. The molecule has 174 valence electrons. The minimum absolute atomic E-state index is 0.0366. The van der Waals surface area contributed by atoms with Gasteiger partial charge in [0, 0.05) is 24.2 Å². The summed E-state index contributed by atoms with van der Waals surface area (Å²) in [6, 6.07) is -0.0366. The van der Waals surface area contributed by atoms with Crippen LogP contribution in [0.2, 0.25) is 0 Å². The Balaban J connectivity index is 2.44. The number of aliphatic hydroxyl groups is 1. The van der Waals surface area contributed by atoms with Gasteiger partial charge in [0.25, 0.3) is 5.91 Å². The minimum Gasteiger partial charge on any atom is -0.384 e. The number of aliphatic imine (C=N–C) groups is 1. The summed E-state index contributed by atoms with van der Waals surface area (Å²) in [5, 5.41) is 13.4. The molecule has 0 aromatic carbocycles. The molecule has 0 aromatic rings. The number of nitrogens with one attached hydrogen (secondary N) is 1. The fourth-order valence-corrected chi connectivity index (χ4v) is 4.40. The molecule has 4 N–H and O–H groups in total. The number of nitrogens with zero attached hydrogens (tertiary/aromatic N) is 2. The third-order valence-corrected chi connectivity index (χ3v) is 7.31. The van der Waals surface area contributed by atoms with E-state index in [2.05, 4.69) is 30.0 Å². The number of carbonyl (C=O) groups is 1. The summed E-state index contributed by atoms with van der Waals surface area (Å²) in [4.78, 5) is 18.2. The number of alkyl halides is 3. The van der Waals surface area contributed by atoms with Crippen LogP contribution >= 0.6 is 0 Å². The highest BCUT2D eigenvalue weighted by atomic mass is 19.4. The lowest BCUT2D eigenvalue weighted by Gasteiger charge is -2.39. The Bertz CT molecular complexity index is 814. The zero-order valence-electron chi connectivity index (χ0n) is 18.6. The van der Waals surface area contributed by atoms with E-state index in [0.29, 0.717) is 18.1 Å². The zero-order valence-corrected chi connectivity index (χ0v) is 18.6. The quantitative estimate of drug-likeness (QED) is 0.398. The number of amides is 1. The molecule has 2 aliphatic rings. The molecule has 1 aliphatic carbocycles. The third-order valence-electron chi connectivity index (χ3n) is 7.31. The fraction of sp³-hybridized carbons (Fsp3) is 0.636. The summed E-state index contributed by atoms with van der Waals surface area (Å²) in [5.41, 5.74) is 1.20. The van der Waals surface area contributed by atoms with E-state index < -0.39 is 28.6 Å². The molecular formula is C22H33F3N4O2. The maximum absolute atomic E-state index is 13.5. The van der Waals surface area contributed by atoms with Gasteiger partial charge in [-0.1, -0.05) is 33.6 Å². The second-order valence-electron chi connectivity index (χ2n) is 9.14. The molecule has 1 aliphatic heterocycles. The van der Waals surface area contributed by atoms with E-state index in [-0.39, 0.29) is 24.3 Å². The first-order chi connectivity index (χ1) is 14.0. The second kappa shape index (κ2) is 8.09. The van der Waals surface area contributed by atoms with Crippen LogP contribution in [0.4, 0.5) is 13.2 Å². The standard InChI is InChI=1S/C22H33F3N4O2/c1-13(14(2)17-9-8-10-27-17)11-29(18(30)21(7,31)22(23,24)25)20(6)15(3)19(20,5)12-28-16(4)26/h12,15,17,27,31H,1-2,4,8-11,26H2,3,5-7H3/b28-12-/t15-,17+,19+,20?,21+/m1/s1. The number of halogens is 3. The Labute approximate surface area is 181 Å². The first kappa shape index (κ1) is 25.1. The third kappa shape index (κ3) is 4.17. The van der Waals surface area contributed by atoms with Crippen molar-refractivity contribution in [3.63, 3.8) is 0 Å². The van der Waals surface area contributed by atoms with Crippen LogP contribution in [-0.4, -0.2) is 58.6 Å². The Morgan fingerprint density at radius 2 is 1.94 bits per heavy atom. The monoisotopic (exact) mass is 442 g/mol. The number of rotatable bonds is 8. The van der Waals surface area contributed by atoms with E-state index in [0.717, 1.165) is 24.3 Å². The van der Waals surface area contributed by atoms with Crippen LogP contribution in [0.25, 0.3) is 0 Å². The fourth-order valence-electron chi connectivity index (χ4n) is 4.40. The van der Waals surface area contributed by atoms with Crippen LogP contribution in [0, 0.1) is 11.3 Å². The van der Waals surface area contributed by atoms with Gasteiger partial charge in [-0.3, -0.25) is 4.79 Å². The second-order valence-corrected chi connectivity index (χ2v) is 9.14. The average Bonchev–Trinajstić information content (AvgIpc) is 3.06. The molecule has 0 spiro atoms. The van der Waals surface area contributed by atoms with Gasteiger partial charge in [-0.15, -0.1) is 0 Å². The van der Waals surface area contributed by atoms with Gasteiger partial charge in [0.2, 0.25) is 5.60 Å². The molecule has 5 atom stereocenters. The summed E-state index contributed by atoms with van der Waals surface area (Å²) in [5.74, 6) is -1.65. The van der Waals surface area contributed by atoms with Gasteiger partial charge in [0.15, 0.2) is 0 Å². The van der Waals surface area contributed by atoms with Gasteiger partial charge >= 0.3 is 6.18 Å². The lowest BCUT2D eigenvalue weighted by atomic mass is 9.95. The molecule has 1 saturated carbocycles. The van der Waals surface area contributed by atoms with Crippen molar-refractivity contribution in [2.75, 3.05) is 13.1 Å². The predicted octanol–water partition coefficient (Wildman–Crippen LogP) is 2.91. The van der Waals surface area contributed by atoms with Crippen molar-refractivity contribution in [3.8, 4) is 0 Å². The molecule has 0 aromatic heterocycles. The Kier molecular flexibility index (Phi) is 6.56. The van der Waals surface area contributed by atoms with Gasteiger partial charge in [-0.25, -0.2) is 4.99 Å². The first-order valence-corrected chi connectivity index (χ1v) is 10.2. The van der Waals surface area contributed by atoms with Crippen molar-refractivity contribution in [1.82, 2.24) is 10.2 Å². The summed E-state index contributed by atoms with van der Waals surface area (Å²) in [7, 11) is 0. The van der Waals surface area contributed by atoms with Gasteiger partial charge in [0.05, 0.1) is 5.54 Å². The van der Waals surface area contributed by atoms with Gasteiger partial charge < -0.3 is 21.1 Å². The Morgan fingerprint density at radius 1 is 1.35 bits per heavy atom. The number of hydrogen-bond acceptors (Lipinski definition) is 5. The van der Waals surface area contributed by atoms with Crippen molar-refractivity contribution in [2.24, 2.45) is 22.1 Å². The molecule has 1 unspecified atom stereocenters. The molecule has 31 heavy (non-hydrogen) atoms. The Hall–Kier alpha value is -2.13. The molecule has 1 heterocycles. The molecular weight excluding hydrogens is 409 g/mol. The lowest BCUT2D eigenvalue weighted by molar-refractivity contribution is -0.251. The molecule has 0 radical (unpaired) electrons. The highest BCUT2D eigenvalue weighted by Crippen LogP contribution is 2.64. The van der Waals surface area contributed by atoms with E-state index in [4.69, 9.17) is 5.73 Å². The van der Waals surface area contributed by atoms with E-state index in [1.165, 1.54) is 6.21 Å². The van der Waals surface area contributed by atoms with Crippen molar-refractivity contribution in [2.45, 2.75) is 63.9 Å². The summed E-state index contributed by atoms with van der Waals surface area (Å²) in [6.45, 7) is 17.9. The van der Waals surface area contributed by atoms with E-state index in [1.54, 1.807) is 13.8 Å². The number of nitrogens with two attached hydrogens (primary N) is 1. The molecule has 9 heteroatoms. The Morgan fingerprint density at radius 3 is 2.39 bits per heavy atom. The van der Waals surface area contributed by atoms with Gasteiger partial charge in [-0.05, 0) is 50.3 Å². The van der Waals surface area contributed by atoms with Crippen molar-refractivity contribution >= 4 is 12.1 Å². The molecule has 0 bridgehead atoms. The highest BCUT2D eigenvalue weighted by Gasteiger charge is 2.73. The van der Waals surface area contributed by atoms with Gasteiger partial charge in [0.1, 0.15) is 5.82 Å². The van der Waals surface area contributed by atoms with Crippen LogP contribution in [0.5, 0.6) is 0 Å². The van der Waals surface area contributed by atoms with E-state index in [9.17, 15) is 23.1 Å². The predicted molar refractivity (Wildman–Crippen MR) is 115 cm³/mol. The molecule has 6 nitrogen and oxygen atoms in total. The molecule has 2 fully saturated rings. The lowest BCUT2D eigenvalue weighted by Crippen LogP contribution is -2.60.